The number of nitrogens with one attached hydrogen (secondary N) is 1. The lowest BCUT2D eigenvalue weighted by Gasteiger charge is -2.26. The van der Waals surface area contributed by atoms with Gasteiger partial charge in [-0.15, -0.1) is 0 Å². The molecule has 0 radical (unpaired) electrons. The van der Waals surface area contributed by atoms with Crippen molar-refractivity contribution in [2.24, 2.45) is 0 Å². The van der Waals surface area contributed by atoms with E-state index in [4.69, 9.17) is 9.15 Å². The first-order chi connectivity index (χ1) is 17.5. The maximum atomic E-state index is 14.2. The molecule has 5 rings (SSSR count). The second-order valence-corrected chi connectivity index (χ2v) is 8.72. The van der Waals surface area contributed by atoms with Crippen molar-refractivity contribution < 1.29 is 18.3 Å². The molecule has 184 valence electrons. The standard InChI is InChI=1S/C28H26FN3O4/c1-18(29)20-7-2-3-8-21(20)26-16-25(33)22-9-5-10-23(27(22)36-26)31-28(34)24-11-4-6-19(30-24)17-32-12-14-35-15-13-32/h2-11,16,18H,12-15,17H2,1H3,(H,31,34). The Bertz CT molecular complexity index is 1460. The van der Waals surface area contributed by atoms with E-state index in [9.17, 15) is 14.0 Å². The minimum atomic E-state index is -1.24. The summed E-state index contributed by atoms with van der Waals surface area (Å²) >= 11 is 0. The number of pyridine rings is 1. The van der Waals surface area contributed by atoms with Gasteiger partial charge in [0.15, 0.2) is 11.0 Å². The zero-order valence-electron chi connectivity index (χ0n) is 19.9. The van der Waals surface area contributed by atoms with Crippen molar-refractivity contribution in [2.45, 2.75) is 19.6 Å². The van der Waals surface area contributed by atoms with E-state index < -0.39 is 12.1 Å². The van der Waals surface area contributed by atoms with Crippen LogP contribution < -0.4 is 10.7 Å². The average molecular weight is 488 g/mol. The van der Waals surface area contributed by atoms with Gasteiger partial charge in [0, 0.05) is 31.3 Å². The molecule has 1 atom stereocenters. The molecule has 8 heteroatoms. The number of aromatic nitrogens is 1. The highest BCUT2D eigenvalue weighted by atomic mass is 19.1. The zero-order valence-corrected chi connectivity index (χ0v) is 19.9. The van der Waals surface area contributed by atoms with Gasteiger partial charge in [-0.3, -0.25) is 14.5 Å². The molecule has 4 aromatic rings. The molecule has 2 aromatic heterocycles. The average Bonchev–Trinajstić information content (AvgIpc) is 2.90. The SMILES string of the molecule is CC(F)c1ccccc1-c1cc(=O)c2cccc(NC(=O)c3cccc(CN4CCOCC4)n3)c2o1. The molecule has 0 aliphatic carbocycles. The second-order valence-electron chi connectivity index (χ2n) is 8.72. The molecule has 1 amide bonds. The molecule has 3 heterocycles. The molecule has 1 N–H and O–H groups in total. The van der Waals surface area contributed by atoms with Gasteiger partial charge in [-0.1, -0.05) is 36.4 Å². The van der Waals surface area contributed by atoms with Crippen LogP contribution in [0.4, 0.5) is 10.1 Å². The molecule has 7 nitrogen and oxygen atoms in total. The van der Waals surface area contributed by atoms with Gasteiger partial charge in [-0.05, 0) is 36.8 Å². The summed E-state index contributed by atoms with van der Waals surface area (Å²) in [5, 5.41) is 3.15. The van der Waals surface area contributed by atoms with Crippen molar-refractivity contribution in [2.75, 3.05) is 31.6 Å². The normalized spacial score (nSPS) is 15.1. The first-order valence-electron chi connectivity index (χ1n) is 11.9. The number of alkyl halides is 1. The highest BCUT2D eigenvalue weighted by Crippen LogP contribution is 2.32. The van der Waals surface area contributed by atoms with E-state index in [1.165, 1.54) is 13.0 Å². The highest BCUT2D eigenvalue weighted by molar-refractivity contribution is 6.07. The van der Waals surface area contributed by atoms with Crippen LogP contribution in [0, 0.1) is 0 Å². The summed E-state index contributed by atoms with van der Waals surface area (Å²) < 4.78 is 25.7. The number of hydrogen-bond donors (Lipinski definition) is 1. The number of anilines is 1. The molecule has 1 aliphatic heterocycles. The first kappa shape index (κ1) is 23.8. The fourth-order valence-electron chi connectivity index (χ4n) is 4.35. The van der Waals surface area contributed by atoms with Gasteiger partial charge in [0.05, 0.1) is 30.0 Å². The lowest BCUT2D eigenvalue weighted by Crippen LogP contribution is -2.36. The Labute approximate surface area is 207 Å². The molecular formula is C28H26FN3O4. The Morgan fingerprint density at radius 2 is 1.86 bits per heavy atom. The number of hydrogen-bond acceptors (Lipinski definition) is 6. The van der Waals surface area contributed by atoms with Crippen molar-refractivity contribution in [3.05, 3.63) is 93.9 Å². The smallest absolute Gasteiger partial charge is 0.274 e. The molecule has 36 heavy (non-hydrogen) atoms. The maximum absolute atomic E-state index is 14.2. The summed E-state index contributed by atoms with van der Waals surface area (Å²) in [4.78, 5) is 32.8. The third-order valence-electron chi connectivity index (χ3n) is 6.19. The number of para-hydroxylation sites is 1. The van der Waals surface area contributed by atoms with Crippen LogP contribution in [0.25, 0.3) is 22.3 Å². The third kappa shape index (κ3) is 5.05. The molecule has 0 spiro atoms. The minimum absolute atomic E-state index is 0.221. The molecule has 1 unspecified atom stereocenters. The largest absolute Gasteiger partial charge is 0.454 e. The Balaban J connectivity index is 1.46. The van der Waals surface area contributed by atoms with Crippen LogP contribution in [0.1, 0.15) is 34.8 Å². The number of halogens is 1. The van der Waals surface area contributed by atoms with Gasteiger partial charge >= 0.3 is 0 Å². The van der Waals surface area contributed by atoms with Crippen LogP contribution in [-0.4, -0.2) is 42.1 Å². The molecular weight excluding hydrogens is 461 g/mol. The topological polar surface area (TPSA) is 84.7 Å². The summed E-state index contributed by atoms with van der Waals surface area (Å²) in [6.07, 6.45) is -1.24. The number of rotatable bonds is 6. The van der Waals surface area contributed by atoms with E-state index in [0.29, 0.717) is 42.0 Å². The number of fused-ring (bicyclic) bond motifs is 1. The fraction of sp³-hybridized carbons (Fsp3) is 0.250. The summed E-state index contributed by atoms with van der Waals surface area (Å²) in [6, 6.07) is 18.5. The lowest BCUT2D eigenvalue weighted by atomic mass is 10.0. The summed E-state index contributed by atoms with van der Waals surface area (Å²) in [5.41, 5.74) is 2.23. The second kappa shape index (κ2) is 10.4. The van der Waals surface area contributed by atoms with Crippen LogP contribution in [0.2, 0.25) is 0 Å². The highest BCUT2D eigenvalue weighted by Gasteiger charge is 2.18. The first-order valence-corrected chi connectivity index (χ1v) is 11.9. The molecule has 1 aliphatic rings. The number of morpholine rings is 1. The van der Waals surface area contributed by atoms with Crippen molar-refractivity contribution in [1.82, 2.24) is 9.88 Å². The third-order valence-corrected chi connectivity index (χ3v) is 6.19. The number of ether oxygens (including phenoxy) is 1. The molecule has 2 aromatic carbocycles. The van der Waals surface area contributed by atoms with E-state index in [-0.39, 0.29) is 22.5 Å². The van der Waals surface area contributed by atoms with Gasteiger partial charge in [0.25, 0.3) is 5.91 Å². The van der Waals surface area contributed by atoms with Crippen LogP contribution in [-0.2, 0) is 11.3 Å². The fourth-order valence-corrected chi connectivity index (χ4v) is 4.35. The molecule has 0 bridgehead atoms. The van der Waals surface area contributed by atoms with Crippen LogP contribution >= 0.6 is 0 Å². The Morgan fingerprint density at radius 1 is 1.08 bits per heavy atom. The number of benzene rings is 2. The zero-order chi connectivity index (χ0) is 25.1. The van der Waals surface area contributed by atoms with Crippen LogP contribution in [0.15, 0.2) is 75.9 Å². The van der Waals surface area contributed by atoms with Crippen LogP contribution in [0.5, 0.6) is 0 Å². The van der Waals surface area contributed by atoms with E-state index in [0.717, 1.165) is 18.8 Å². The molecule has 0 saturated carbocycles. The Kier molecular flexibility index (Phi) is 6.88. The number of carbonyl (C=O) groups is 1. The van der Waals surface area contributed by atoms with Gasteiger partial charge in [0.1, 0.15) is 17.6 Å². The van der Waals surface area contributed by atoms with E-state index in [1.54, 1.807) is 54.6 Å². The van der Waals surface area contributed by atoms with Gasteiger partial charge in [-0.25, -0.2) is 9.37 Å². The Morgan fingerprint density at radius 3 is 2.67 bits per heavy atom. The number of amides is 1. The predicted octanol–water partition coefficient (Wildman–Crippen LogP) is 4.97. The minimum Gasteiger partial charge on any atom is -0.454 e. The van der Waals surface area contributed by atoms with Crippen LogP contribution in [0.3, 0.4) is 0 Å². The van der Waals surface area contributed by atoms with Gasteiger partial charge in [0.2, 0.25) is 0 Å². The summed E-state index contributed by atoms with van der Waals surface area (Å²) in [5.74, 6) is -0.183. The van der Waals surface area contributed by atoms with E-state index >= 15 is 0 Å². The van der Waals surface area contributed by atoms with Crippen molar-refractivity contribution >= 4 is 22.6 Å². The van der Waals surface area contributed by atoms with Crippen molar-refractivity contribution in [3.8, 4) is 11.3 Å². The predicted molar refractivity (Wildman–Crippen MR) is 136 cm³/mol. The monoisotopic (exact) mass is 487 g/mol. The maximum Gasteiger partial charge on any atom is 0.274 e. The number of carbonyl (C=O) groups excluding carboxylic acids is 1. The van der Waals surface area contributed by atoms with Crippen molar-refractivity contribution in [3.63, 3.8) is 0 Å². The van der Waals surface area contributed by atoms with Gasteiger partial charge in [-0.2, -0.15) is 0 Å². The summed E-state index contributed by atoms with van der Waals surface area (Å²) in [6.45, 7) is 5.07. The van der Waals surface area contributed by atoms with E-state index in [2.05, 4.69) is 15.2 Å². The quantitative estimate of drug-likeness (QED) is 0.413. The Hall–Kier alpha value is -3.88. The molecule has 1 saturated heterocycles. The lowest BCUT2D eigenvalue weighted by molar-refractivity contribution is 0.0336. The number of nitrogens with zero attached hydrogens (tertiary/aromatic N) is 2. The summed E-state index contributed by atoms with van der Waals surface area (Å²) in [7, 11) is 0. The molecule has 1 fully saturated rings. The van der Waals surface area contributed by atoms with E-state index in [1.807, 2.05) is 6.07 Å². The van der Waals surface area contributed by atoms with Gasteiger partial charge < -0.3 is 14.5 Å². The van der Waals surface area contributed by atoms with Crippen molar-refractivity contribution in [1.29, 1.82) is 0 Å².